The van der Waals surface area contributed by atoms with Gasteiger partial charge in [0.25, 0.3) is 0 Å². The van der Waals surface area contributed by atoms with Crippen LogP contribution < -0.4 is 11.1 Å². The summed E-state index contributed by atoms with van der Waals surface area (Å²) in [6.07, 6.45) is 6.96. The first kappa shape index (κ1) is 13.0. The molecule has 90 valence electrons. The lowest BCUT2D eigenvalue weighted by molar-refractivity contribution is -0.122. The van der Waals surface area contributed by atoms with Crippen LogP contribution in [0.5, 0.6) is 0 Å². The first-order valence-electron chi connectivity index (χ1n) is 6.09. The maximum Gasteiger partial charge on any atom is 0.221 e. The van der Waals surface area contributed by atoms with E-state index in [-0.39, 0.29) is 11.4 Å². The van der Waals surface area contributed by atoms with Crippen LogP contribution in [0.4, 0.5) is 0 Å². The van der Waals surface area contributed by atoms with Gasteiger partial charge in [-0.25, -0.2) is 0 Å². The summed E-state index contributed by atoms with van der Waals surface area (Å²) in [5.74, 6) is 0.0568. The molecule has 1 aliphatic carbocycles. The van der Waals surface area contributed by atoms with Crippen molar-refractivity contribution < 1.29 is 4.79 Å². The average molecular weight is 223 g/mol. The largest absolute Gasteiger partial charge is 0.356 e. The number of rotatable bonds is 6. The van der Waals surface area contributed by atoms with E-state index in [1.807, 2.05) is 0 Å². The minimum atomic E-state index is -0.253. The molecule has 1 rings (SSSR count). The van der Waals surface area contributed by atoms with Crippen LogP contribution >= 0.6 is 0 Å². The summed E-state index contributed by atoms with van der Waals surface area (Å²) in [6.45, 7) is 0.663. The molecule has 3 N–H and O–H groups in total. The molecule has 1 aliphatic rings. The fourth-order valence-corrected chi connectivity index (χ4v) is 2.20. The van der Waals surface area contributed by atoms with Crippen LogP contribution in [0.2, 0.25) is 0 Å². The molecule has 1 fully saturated rings. The smallest absolute Gasteiger partial charge is 0.221 e. The van der Waals surface area contributed by atoms with E-state index >= 15 is 0 Å². The summed E-state index contributed by atoms with van der Waals surface area (Å²) >= 11 is 0. The van der Waals surface area contributed by atoms with E-state index in [0.717, 1.165) is 38.5 Å². The van der Waals surface area contributed by atoms with Crippen molar-refractivity contribution in [3.05, 3.63) is 0 Å². The van der Waals surface area contributed by atoms with Crippen molar-refractivity contribution in [3.8, 4) is 6.07 Å². The number of nitrogens with one attached hydrogen (secondary N) is 1. The molecule has 0 saturated heterocycles. The Balaban J connectivity index is 2.09. The molecule has 1 saturated carbocycles. The lowest BCUT2D eigenvalue weighted by Gasteiger charge is -2.22. The van der Waals surface area contributed by atoms with Crippen LogP contribution in [0.25, 0.3) is 0 Å². The van der Waals surface area contributed by atoms with Crippen LogP contribution in [0.15, 0.2) is 0 Å². The molecule has 0 aromatic rings. The van der Waals surface area contributed by atoms with Gasteiger partial charge in [0, 0.05) is 24.9 Å². The number of hydrogen-bond acceptors (Lipinski definition) is 3. The number of nitrogens with two attached hydrogens (primary N) is 1. The second-order valence-electron chi connectivity index (χ2n) is 4.71. The van der Waals surface area contributed by atoms with Crippen molar-refractivity contribution in [2.75, 3.05) is 6.54 Å². The van der Waals surface area contributed by atoms with E-state index in [9.17, 15) is 4.79 Å². The van der Waals surface area contributed by atoms with Crippen LogP contribution in [0.3, 0.4) is 0 Å². The minimum Gasteiger partial charge on any atom is -0.356 e. The zero-order valence-corrected chi connectivity index (χ0v) is 9.80. The maximum atomic E-state index is 11.6. The van der Waals surface area contributed by atoms with Gasteiger partial charge in [-0.3, -0.25) is 4.79 Å². The Morgan fingerprint density at radius 1 is 1.38 bits per heavy atom. The third-order valence-electron chi connectivity index (χ3n) is 3.15. The zero-order valence-electron chi connectivity index (χ0n) is 9.80. The van der Waals surface area contributed by atoms with E-state index < -0.39 is 0 Å². The third kappa shape index (κ3) is 4.63. The Kier molecular flexibility index (Phi) is 5.27. The molecular weight excluding hydrogens is 202 g/mol. The highest BCUT2D eigenvalue weighted by atomic mass is 16.1. The molecule has 0 atom stereocenters. The van der Waals surface area contributed by atoms with Crippen molar-refractivity contribution in [1.29, 1.82) is 5.26 Å². The molecule has 0 heterocycles. The second kappa shape index (κ2) is 6.49. The van der Waals surface area contributed by atoms with Gasteiger partial charge in [-0.2, -0.15) is 5.26 Å². The molecule has 0 aromatic carbocycles. The first-order valence-corrected chi connectivity index (χ1v) is 6.09. The number of carbonyl (C=O) groups excluding carboxylic acids is 1. The summed E-state index contributed by atoms with van der Waals surface area (Å²) in [5.41, 5.74) is 5.85. The molecule has 1 amide bonds. The molecule has 0 aliphatic heterocycles. The Morgan fingerprint density at radius 2 is 2.06 bits per heavy atom. The Morgan fingerprint density at radius 3 is 2.69 bits per heavy atom. The lowest BCUT2D eigenvalue weighted by Crippen LogP contribution is -2.42. The number of unbranched alkanes of at least 4 members (excludes halogenated alkanes) is 2. The predicted molar refractivity (Wildman–Crippen MR) is 62.5 cm³/mol. The standard InChI is InChI=1S/C12H21N3O/c13-8-4-1-5-9-15-11(16)10-12(14)6-2-3-7-12/h1-7,9-10,14H2,(H,15,16). The van der Waals surface area contributed by atoms with Crippen molar-refractivity contribution in [3.63, 3.8) is 0 Å². The topological polar surface area (TPSA) is 78.9 Å². The Bertz CT molecular complexity index is 264. The van der Waals surface area contributed by atoms with Gasteiger partial charge in [-0.05, 0) is 25.7 Å². The molecule has 0 unspecified atom stereocenters. The summed E-state index contributed by atoms with van der Waals surface area (Å²) < 4.78 is 0. The highest BCUT2D eigenvalue weighted by molar-refractivity contribution is 5.77. The summed E-state index contributed by atoms with van der Waals surface area (Å²) in [6, 6.07) is 2.09. The third-order valence-corrected chi connectivity index (χ3v) is 3.15. The molecule has 4 heteroatoms. The van der Waals surface area contributed by atoms with E-state index in [0.29, 0.717) is 19.4 Å². The highest BCUT2D eigenvalue weighted by Gasteiger charge is 2.31. The summed E-state index contributed by atoms with van der Waals surface area (Å²) in [4.78, 5) is 11.6. The fourth-order valence-electron chi connectivity index (χ4n) is 2.20. The Hall–Kier alpha value is -1.08. The summed E-state index contributed by atoms with van der Waals surface area (Å²) in [7, 11) is 0. The van der Waals surface area contributed by atoms with Gasteiger partial charge in [0.1, 0.15) is 0 Å². The average Bonchev–Trinajstić information content (AvgIpc) is 2.64. The molecular formula is C12H21N3O. The normalized spacial score (nSPS) is 18.0. The maximum absolute atomic E-state index is 11.6. The van der Waals surface area contributed by atoms with Crippen LogP contribution in [0, 0.1) is 11.3 Å². The van der Waals surface area contributed by atoms with Gasteiger partial charge in [0.05, 0.1) is 6.07 Å². The van der Waals surface area contributed by atoms with Crippen molar-refractivity contribution in [2.45, 2.75) is 56.9 Å². The number of hydrogen-bond donors (Lipinski definition) is 2. The molecule has 0 aromatic heterocycles. The van der Waals surface area contributed by atoms with E-state index in [1.165, 1.54) is 0 Å². The van der Waals surface area contributed by atoms with Gasteiger partial charge in [0.2, 0.25) is 5.91 Å². The van der Waals surface area contributed by atoms with Gasteiger partial charge >= 0.3 is 0 Å². The second-order valence-corrected chi connectivity index (χ2v) is 4.71. The minimum absolute atomic E-state index is 0.0568. The van der Waals surface area contributed by atoms with Crippen molar-refractivity contribution in [1.82, 2.24) is 5.32 Å². The predicted octanol–water partition coefficient (Wildman–Crippen LogP) is 1.46. The lowest BCUT2D eigenvalue weighted by atomic mass is 9.94. The van der Waals surface area contributed by atoms with Crippen molar-refractivity contribution >= 4 is 5.91 Å². The van der Waals surface area contributed by atoms with E-state index in [4.69, 9.17) is 11.0 Å². The molecule has 16 heavy (non-hydrogen) atoms. The summed E-state index contributed by atoms with van der Waals surface area (Å²) in [5, 5.41) is 11.2. The number of nitrogens with zero attached hydrogens (tertiary/aromatic N) is 1. The molecule has 4 nitrogen and oxygen atoms in total. The van der Waals surface area contributed by atoms with Crippen LogP contribution in [-0.2, 0) is 4.79 Å². The zero-order chi connectivity index (χ0) is 11.9. The molecule has 0 spiro atoms. The number of amides is 1. The fraction of sp³-hybridized carbons (Fsp3) is 0.833. The van der Waals surface area contributed by atoms with Gasteiger partial charge < -0.3 is 11.1 Å². The quantitative estimate of drug-likeness (QED) is 0.669. The van der Waals surface area contributed by atoms with Crippen LogP contribution in [0.1, 0.15) is 51.4 Å². The SMILES string of the molecule is N#CCCCCNC(=O)CC1(N)CCCC1. The van der Waals surface area contributed by atoms with E-state index in [1.54, 1.807) is 0 Å². The first-order chi connectivity index (χ1) is 7.66. The van der Waals surface area contributed by atoms with Gasteiger partial charge in [0.15, 0.2) is 0 Å². The van der Waals surface area contributed by atoms with E-state index in [2.05, 4.69) is 11.4 Å². The monoisotopic (exact) mass is 223 g/mol. The van der Waals surface area contributed by atoms with Gasteiger partial charge in [-0.1, -0.05) is 12.8 Å². The van der Waals surface area contributed by atoms with Crippen LogP contribution in [-0.4, -0.2) is 18.0 Å². The highest BCUT2D eigenvalue weighted by Crippen LogP contribution is 2.29. The number of carbonyl (C=O) groups is 1. The Labute approximate surface area is 97.2 Å². The molecule has 0 bridgehead atoms. The van der Waals surface area contributed by atoms with Crippen molar-refractivity contribution in [2.24, 2.45) is 5.73 Å². The number of nitriles is 1. The molecule has 0 radical (unpaired) electrons. The van der Waals surface area contributed by atoms with Gasteiger partial charge in [-0.15, -0.1) is 0 Å².